The number of phosphoric acid groups is 1. The van der Waals surface area contributed by atoms with Crippen LogP contribution in [0.15, 0.2) is 21.9 Å². The van der Waals surface area contributed by atoms with Crippen LogP contribution in [-0.4, -0.2) is 105 Å². The number of halogens is 1. The molecule has 1 aromatic heterocycles. The van der Waals surface area contributed by atoms with E-state index in [1.54, 1.807) is 0 Å². The summed E-state index contributed by atoms with van der Waals surface area (Å²) < 4.78 is 62.2. The van der Waals surface area contributed by atoms with Gasteiger partial charge in [-0.3, -0.25) is 37.5 Å². The largest absolute Gasteiger partial charge is 0.474 e. The number of rotatable bonds is 19. The highest BCUT2D eigenvalue weighted by atomic mass is 32.2. The number of thioether (sulfide) groups is 2. The van der Waals surface area contributed by atoms with Gasteiger partial charge in [0.15, 0.2) is 16.5 Å². The summed E-state index contributed by atoms with van der Waals surface area (Å²) in [6.45, 7) is 11.1. The number of hydrogen-bond donors (Lipinski definition) is 3. The number of nitrogens with zero attached hydrogens (tertiary/aromatic N) is 1. The van der Waals surface area contributed by atoms with Crippen molar-refractivity contribution < 1.29 is 56.5 Å². The highest BCUT2D eigenvalue weighted by Gasteiger charge is 2.62. The molecule has 0 aromatic carbocycles. The molecule has 1 fully saturated rings. The van der Waals surface area contributed by atoms with Crippen molar-refractivity contribution in [1.29, 1.82) is 0 Å². The molecule has 2 rings (SSSR count). The minimum Gasteiger partial charge on any atom is -0.384 e. The van der Waals surface area contributed by atoms with E-state index in [2.05, 4.69) is 0 Å². The predicted octanol–water partition coefficient (Wildman–Crippen LogP) is 3.04. The Morgan fingerprint density at radius 3 is 1.88 bits per heavy atom. The monoisotopic (exact) mass is 746 g/mol. The highest BCUT2D eigenvalue weighted by molar-refractivity contribution is 8.14. The first-order valence-corrected chi connectivity index (χ1v) is 18.7. The molecule has 276 valence electrons. The van der Waals surface area contributed by atoms with Crippen LogP contribution in [0.1, 0.15) is 61.1 Å². The van der Waals surface area contributed by atoms with Crippen LogP contribution in [-0.2, 0) is 41.9 Å². The second-order valence-electron chi connectivity index (χ2n) is 13.1. The molecule has 19 heteroatoms. The van der Waals surface area contributed by atoms with E-state index in [4.69, 9.17) is 27.8 Å². The Labute approximate surface area is 287 Å². The highest BCUT2D eigenvalue weighted by Crippen LogP contribution is 2.51. The molecule has 0 spiro atoms. The van der Waals surface area contributed by atoms with Gasteiger partial charge in [-0.15, -0.1) is 0 Å². The lowest BCUT2D eigenvalue weighted by Crippen LogP contribution is -2.48. The zero-order chi connectivity index (χ0) is 36.4. The fraction of sp³-hybridized carbons (Fsp3) is 0.793. The van der Waals surface area contributed by atoms with E-state index < -0.39 is 66.7 Å². The summed E-state index contributed by atoms with van der Waals surface area (Å²) in [5.41, 5.74) is -5.04. The van der Waals surface area contributed by atoms with Crippen molar-refractivity contribution in [1.82, 2.24) is 9.55 Å². The summed E-state index contributed by atoms with van der Waals surface area (Å²) in [6.07, 6.45) is -3.71. The Kier molecular flexibility index (Phi) is 16.2. The second-order valence-corrected chi connectivity index (χ2v) is 16.9. The van der Waals surface area contributed by atoms with Crippen molar-refractivity contribution >= 4 is 41.6 Å². The summed E-state index contributed by atoms with van der Waals surface area (Å²) >= 11 is 2.26. The van der Waals surface area contributed by atoms with E-state index in [9.17, 15) is 34.0 Å². The molecule has 0 unspecified atom stereocenters. The van der Waals surface area contributed by atoms with Crippen molar-refractivity contribution in [3.8, 4) is 0 Å². The van der Waals surface area contributed by atoms with E-state index in [-0.39, 0.29) is 49.9 Å². The van der Waals surface area contributed by atoms with Crippen LogP contribution in [0, 0.1) is 10.8 Å². The van der Waals surface area contributed by atoms with Crippen LogP contribution in [0.4, 0.5) is 4.39 Å². The van der Waals surface area contributed by atoms with E-state index in [1.165, 1.54) is 0 Å². The third kappa shape index (κ3) is 13.0. The molecule has 0 radical (unpaired) electrons. The number of carbonyl (C=O) groups is 2. The molecule has 1 aliphatic rings. The Hall–Kier alpha value is -1.44. The molecule has 2 heterocycles. The standard InChI is InChI=1S/C29H48FN2O13PS2/c1-26(2,3)23(35)47-18-16-40-12-14-43-46(39,44-15-13-41-17-19-48-24(36)27(4,5)6)42-11-9-29(30)21(34)28(7,38)22(45-29)32-10-8-20(33)31-25(32)37/h8,10,21-22,34,38H,9,11-19H2,1-7H3,(H,31,33,37)/t21-,22+,28+,29+/m0/s1. The minimum absolute atomic E-state index is 0.0101. The summed E-state index contributed by atoms with van der Waals surface area (Å²) in [7, 11) is -4.37. The Balaban J connectivity index is 1.95. The molecule has 3 N–H and O–H groups in total. The van der Waals surface area contributed by atoms with Gasteiger partial charge in [0.1, 0.15) is 11.7 Å². The zero-order valence-electron chi connectivity index (χ0n) is 28.4. The summed E-state index contributed by atoms with van der Waals surface area (Å²) in [6, 6.07) is 0.960. The molecule has 1 aliphatic heterocycles. The lowest BCUT2D eigenvalue weighted by molar-refractivity contribution is -0.195. The number of nitrogens with one attached hydrogen (secondary N) is 1. The number of aliphatic hydroxyl groups excluding tert-OH is 1. The minimum atomic E-state index is -4.37. The fourth-order valence-electron chi connectivity index (χ4n) is 3.93. The molecule has 48 heavy (non-hydrogen) atoms. The summed E-state index contributed by atoms with van der Waals surface area (Å²) in [5.74, 6) is -2.19. The number of hydrogen-bond acceptors (Lipinski definition) is 15. The van der Waals surface area contributed by atoms with Crippen LogP contribution in [0.25, 0.3) is 0 Å². The first-order chi connectivity index (χ1) is 22.1. The number of aromatic amines is 1. The molecule has 0 aliphatic carbocycles. The van der Waals surface area contributed by atoms with E-state index >= 15 is 4.39 Å². The Bertz CT molecular complexity index is 1330. The maximum Gasteiger partial charge on any atom is 0.474 e. The molecule has 0 amide bonds. The lowest BCUT2D eigenvalue weighted by Gasteiger charge is -2.27. The van der Waals surface area contributed by atoms with E-state index in [0.29, 0.717) is 11.5 Å². The smallest absolute Gasteiger partial charge is 0.384 e. The number of aromatic nitrogens is 2. The molecule has 15 nitrogen and oxygen atoms in total. The van der Waals surface area contributed by atoms with Crippen LogP contribution < -0.4 is 11.2 Å². The van der Waals surface area contributed by atoms with Gasteiger partial charge < -0.3 is 24.4 Å². The average molecular weight is 747 g/mol. The van der Waals surface area contributed by atoms with Crippen LogP contribution in [0.2, 0.25) is 0 Å². The molecular formula is C29H48FN2O13PS2. The number of alkyl halides is 1. The predicted molar refractivity (Wildman–Crippen MR) is 177 cm³/mol. The number of ether oxygens (including phenoxy) is 3. The van der Waals surface area contributed by atoms with Gasteiger partial charge in [0.05, 0.1) is 46.2 Å². The number of phosphoric ester groups is 1. The van der Waals surface area contributed by atoms with Gasteiger partial charge in [-0.1, -0.05) is 65.1 Å². The molecule has 0 bridgehead atoms. The van der Waals surface area contributed by atoms with Gasteiger partial charge in [-0.25, -0.2) is 13.8 Å². The van der Waals surface area contributed by atoms with Gasteiger partial charge in [0.25, 0.3) is 5.56 Å². The molecule has 1 saturated heterocycles. The van der Waals surface area contributed by atoms with Gasteiger partial charge >= 0.3 is 13.5 Å². The van der Waals surface area contributed by atoms with Gasteiger partial charge in [-0.05, 0) is 6.92 Å². The van der Waals surface area contributed by atoms with Crippen LogP contribution in [0.3, 0.4) is 0 Å². The summed E-state index contributed by atoms with van der Waals surface area (Å²) in [5, 5.41) is 21.5. The van der Waals surface area contributed by atoms with Gasteiger partial charge in [0, 0.05) is 41.0 Å². The molecule has 1 aromatic rings. The molecular weight excluding hydrogens is 698 g/mol. The third-order valence-electron chi connectivity index (χ3n) is 6.67. The quantitative estimate of drug-likeness (QED) is 0.138. The number of aliphatic hydroxyl groups is 2. The maximum atomic E-state index is 15.9. The zero-order valence-corrected chi connectivity index (χ0v) is 30.9. The normalized spacial score (nSPS) is 23.5. The van der Waals surface area contributed by atoms with E-state index in [0.717, 1.165) is 47.3 Å². The average Bonchev–Trinajstić information content (AvgIpc) is 3.14. The fourth-order valence-corrected chi connectivity index (χ4v) is 6.71. The SMILES string of the molecule is CC(C)(C)C(=O)SCCOCCOP(=O)(OCCOCCSC(=O)C(C)(C)C)OCC[C@@]1(F)O[C@@H](n2ccc(=O)[nH]c2=O)[C@](C)(O)[C@@H]1O. The first-order valence-electron chi connectivity index (χ1n) is 15.2. The lowest BCUT2D eigenvalue weighted by atomic mass is 9.94. The number of carbonyl (C=O) groups excluding carboxylic acids is 2. The first kappa shape index (κ1) is 42.7. The number of H-pyrrole nitrogens is 1. The topological polar surface area (TPSA) is 202 Å². The second kappa shape index (κ2) is 18.2. The Morgan fingerprint density at radius 1 is 0.938 bits per heavy atom. The van der Waals surface area contributed by atoms with E-state index in [1.807, 2.05) is 46.5 Å². The van der Waals surface area contributed by atoms with Crippen molar-refractivity contribution in [3.05, 3.63) is 33.1 Å². The van der Waals surface area contributed by atoms with Crippen LogP contribution in [0.5, 0.6) is 0 Å². The van der Waals surface area contributed by atoms with Gasteiger partial charge in [0.2, 0.25) is 5.85 Å². The molecule has 4 atom stereocenters. The Morgan fingerprint density at radius 2 is 1.42 bits per heavy atom. The van der Waals surface area contributed by atoms with Crippen molar-refractivity contribution in [2.75, 3.05) is 57.8 Å². The van der Waals surface area contributed by atoms with Crippen molar-refractivity contribution in [2.24, 2.45) is 10.8 Å². The molecule has 0 saturated carbocycles. The maximum absolute atomic E-state index is 15.9. The van der Waals surface area contributed by atoms with Crippen molar-refractivity contribution in [3.63, 3.8) is 0 Å². The van der Waals surface area contributed by atoms with Crippen LogP contribution >= 0.6 is 31.3 Å². The van der Waals surface area contributed by atoms with Gasteiger partial charge in [-0.2, -0.15) is 0 Å². The summed E-state index contributed by atoms with van der Waals surface area (Å²) in [4.78, 5) is 49.7. The third-order valence-corrected chi connectivity index (χ3v) is 10.7. The van der Waals surface area contributed by atoms with Crippen molar-refractivity contribution in [2.45, 2.75) is 78.7 Å².